The number of nitrogens with one attached hydrogen (secondary N) is 1. The molecule has 0 saturated carbocycles. The van der Waals surface area contributed by atoms with Gasteiger partial charge in [0, 0.05) is 6.54 Å². The standard InChI is InChI=1S/C26H32N2/c1-2-8-22(9-3-1)20-23-14-18-28(19-15-23)17-7-16-27-21-25-12-6-11-24-10-4-5-13-26(24)25/h1-6,8-13,23,27H,7,14-21H2. The van der Waals surface area contributed by atoms with Crippen molar-refractivity contribution in [3.8, 4) is 0 Å². The minimum atomic E-state index is 0.864. The molecule has 2 heteroatoms. The molecule has 0 unspecified atom stereocenters. The fourth-order valence-corrected chi connectivity index (χ4v) is 4.46. The fourth-order valence-electron chi connectivity index (χ4n) is 4.46. The van der Waals surface area contributed by atoms with E-state index in [9.17, 15) is 0 Å². The predicted octanol–water partition coefficient (Wildman–Crippen LogP) is 5.27. The Bertz CT molecular complexity index is 845. The zero-order chi connectivity index (χ0) is 19.0. The largest absolute Gasteiger partial charge is 0.313 e. The average Bonchev–Trinajstić information content (AvgIpc) is 2.75. The zero-order valence-corrected chi connectivity index (χ0v) is 16.8. The highest BCUT2D eigenvalue weighted by atomic mass is 15.1. The van der Waals surface area contributed by atoms with E-state index in [0.717, 1.165) is 19.0 Å². The molecule has 0 aromatic heterocycles. The van der Waals surface area contributed by atoms with E-state index in [4.69, 9.17) is 0 Å². The summed E-state index contributed by atoms with van der Waals surface area (Å²) in [6.07, 6.45) is 5.17. The molecule has 0 bridgehead atoms. The Morgan fingerprint density at radius 2 is 1.57 bits per heavy atom. The summed E-state index contributed by atoms with van der Waals surface area (Å²) in [5, 5.41) is 6.35. The molecule has 3 aromatic rings. The average molecular weight is 373 g/mol. The summed E-state index contributed by atoms with van der Waals surface area (Å²) < 4.78 is 0. The summed E-state index contributed by atoms with van der Waals surface area (Å²) in [6.45, 7) is 5.80. The van der Waals surface area contributed by atoms with Gasteiger partial charge in [-0.05, 0) is 79.7 Å². The van der Waals surface area contributed by atoms with E-state index in [1.165, 1.54) is 67.2 Å². The molecule has 28 heavy (non-hydrogen) atoms. The van der Waals surface area contributed by atoms with E-state index in [-0.39, 0.29) is 0 Å². The van der Waals surface area contributed by atoms with Crippen molar-refractivity contribution in [1.29, 1.82) is 0 Å². The van der Waals surface area contributed by atoms with Gasteiger partial charge in [0.1, 0.15) is 0 Å². The van der Waals surface area contributed by atoms with Crippen molar-refractivity contribution >= 4 is 10.8 Å². The normalized spacial score (nSPS) is 15.9. The van der Waals surface area contributed by atoms with E-state index in [0.29, 0.717) is 0 Å². The first-order valence-corrected chi connectivity index (χ1v) is 10.8. The minimum Gasteiger partial charge on any atom is -0.313 e. The SMILES string of the molecule is c1ccc(CC2CCN(CCCNCc3cccc4ccccc34)CC2)cc1. The van der Waals surface area contributed by atoms with Gasteiger partial charge in [-0.15, -0.1) is 0 Å². The van der Waals surface area contributed by atoms with Crippen molar-refractivity contribution in [3.05, 3.63) is 83.9 Å². The predicted molar refractivity (Wildman–Crippen MR) is 120 cm³/mol. The van der Waals surface area contributed by atoms with Gasteiger partial charge in [-0.25, -0.2) is 0 Å². The lowest BCUT2D eigenvalue weighted by Crippen LogP contribution is -2.36. The third-order valence-electron chi connectivity index (χ3n) is 6.10. The summed E-state index contributed by atoms with van der Waals surface area (Å²) in [7, 11) is 0. The topological polar surface area (TPSA) is 15.3 Å². The van der Waals surface area contributed by atoms with E-state index < -0.39 is 0 Å². The summed E-state index contributed by atoms with van der Waals surface area (Å²) in [5.74, 6) is 0.864. The highest BCUT2D eigenvalue weighted by Crippen LogP contribution is 2.22. The van der Waals surface area contributed by atoms with Gasteiger partial charge in [-0.2, -0.15) is 0 Å². The van der Waals surface area contributed by atoms with Crippen molar-refractivity contribution in [1.82, 2.24) is 10.2 Å². The summed E-state index contributed by atoms with van der Waals surface area (Å²) in [6, 6.07) is 26.3. The Morgan fingerprint density at radius 3 is 2.43 bits per heavy atom. The molecular formula is C26H32N2. The first-order chi connectivity index (χ1) is 13.9. The monoisotopic (exact) mass is 372 g/mol. The van der Waals surface area contributed by atoms with Gasteiger partial charge < -0.3 is 10.2 Å². The van der Waals surface area contributed by atoms with Gasteiger partial charge in [-0.1, -0.05) is 72.8 Å². The fraction of sp³-hybridized carbons (Fsp3) is 0.385. The van der Waals surface area contributed by atoms with Crippen LogP contribution in [-0.2, 0) is 13.0 Å². The maximum Gasteiger partial charge on any atom is 0.0211 e. The van der Waals surface area contributed by atoms with Crippen molar-refractivity contribution < 1.29 is 0 Å². The second-order valence-electron chi connectivity index (χ2n) is 8.14. The maximum atomic E-state index is 3.65. The van der Waals surface area contributed by atoms with Crippen LogP contribution in [0.5, 0.6) is 0 Å². The zero-order valence-electron chi connectivity index (χ0n) is 16.8. The highest BCUT2D eigenvalue weighted by molar-refractivity contribution is 5.85. The third kappa shape index (κ3) is 5.21. The van der Waals surface area contributed by atoms with Gasteiger partial charge in [0.25, 0.3) is 0 Å². The van der Waals surface area contributed by atoms with Crippen LogP contribution in [0.25, 0.3) is 10.8 Å². The van der Waals surface area contributed by atoms with Crippen LogP contribution in [0.4, 0.5) is 0 Å². The quantitative estimate of drug-likeness (QED) is 0.542. The van der Waals surface area contributed by atoms with Gasteiger partial charge in [0.2, 0.25) is 0 Å². The smallest absolute Gasteiger partial charge is 0.0211 e. The van der Waals surface area contributed by atoms with Gasteiger partial charge >= 0.3 is 0 Å². The Labute approximate surface area is 169 Å². The van der Waals surface area contributed by atoms with Crippen LogP contribution in [0, 0.1) is 5.92 Å². The number of hydrogen-bond donors (Lipinski definition) is 1. The molecule has 1 heterocycles. The number of fused-ring (bicyclic) bond motifs is 1. The Hall–Kier alpha value is -2.16. The summed E-state index contributed by atoms with van der Waals surface area (Å²) >= 11 is 0. The lowest BCUT2D eigenvalue weighted by Gasteiger charge is -2.32. The maximum absolute atomic E-state index is 3.65. The molecule has 146 valence electrons. The minimum absolute atomic E-state index is 0.864. The number of benzene rings is 3. The van der Waals surface area contributed by atoms with Crippen LogP contribution in [-0.4, -0.2) is 31.1 Å². The van der Waals surface area contributed by atoms with Crippen LogP contribution in [0.2, 0.25) is 0 Å². The highest BCUT2D eigenvalue weighted by Gasteiger charge is 2.18. The second kappa shape index (κ2) is 9.86. The molecule has 1 N–H and O–H groups in total. The molecule has 1 aliphatic rings. The van der Waals surface area contributed by atoms with Gasteiger partial charge in [0.05, 0.1) is 0 Å². The molecule has 0 atom stereocenters. The number of nitrogens with zero attached hydrogens (tertiary/aromatic N) is 1. The number of piperidine rings is 1. The van der Waals surface area contributed by atoms with E-state index in [2.05, 4.69) is 83.0 Å². The first kappa shape index (κ1) is 19.2. The Morgan fingerprint density at radius 1 is 0.821 bits per heavy atom. The number of likely N-dealkylation sites (tertiary alicyclic amines) is 1. The van der Waals surface area contributed by atoms with Crippen LogP contribution in [0.3, 0.4) is 0 Å². The molecule has 4 rings (SSSR count). The molecule has 1 fully saturated rings. The van der Waals surface area contributed by atoms with Crippen molar-refractivity contribution in [2.75, 3.05) is 26.2 Å². The lowest BCUT2D eigenvalue weighted by atomic mass is 9.90. The molecule has 1 aliphatic heterocycles. The van der Waals surface area contributed by atoms with E-state index in [1.54, 1.807) is 0 Å². The molecule has 0 radical (unpaired) electrons. The Balaban J connectivity index is 1.14. The molecule has 0 spiro atoms. The summed E-state index contributed by atoms with van der Waals surface area (Å²) in [5.41, 5.74) is 2.90. The molecule has 2 nitrogen and oxygen atoms in total. The van der Waals surface area contributed by atoms with Crippen LogP contribution in [0.15, 0.2) is 72.8 Å². The Kier molecular flexibility index (Phi) is 6.75. The molecule has 0 aliphatic carbocycles. The van der Waals surface area contributed by atoms with E-state index >= 15 is 0 Å². The number of hydrogen-bond acceptors (Lipinski definition) is 2. The van der Waals surface area contributed by atoms with Crippen molar-refractivity contribution in [2.45, 2.75) is 32.2 Å². The third-order valence-corrected chi connectivity index (χ3v) is 6.10. The van der Waals surface area contributed by atoms with Crippen molar-refractivity contribution in [2.24, 2.45) is 5.92 Å². The van der Waals surface area contributed by atoms with Crippen molar-refractivity contribution in [3.63, 3.8) is 0 Å². The first-order valence-electron chi connectivity index (χ1n) is 10.8. The molecule has 3 aromatic carbocycles. The molecule has 1 saturated heterocycles. The molecular weight excluding hydrogens is 340 g/mol. The lowest BCUT2D eigenvalue weighted by molar-refractivity contribution is 0.182. The van der Waals surface area contributed by atoms with Crippen LogP contribution >= 0.6 is 0 Å². The van der Waals surface area contributed by atoms with E-state index in [1.807, 2.05) is 0 Å². The van der Waals surface area contributed by atoms with Crippen LogP contribution < -0.4 is 5.32 Å². The van der Waals surface area contributed by atoms with Gasteiger partial charge in [-0.3, -0.25) is 0 Å². The second-order valence-corrected chi connectivity index (χ2v) is 8.14. The van der Waals surface area contributed by atoms with Gasteiger partial charge in [0.15, 0.2) is 0 Å². The number of rotatable bonds is 8. The summed E-state index contributed by atoms with van der Waals surface area (Å²) in [4.78, 5) is 2.65. The molecule has 0 amide bonds. The van der Waals surface area contributed by atoms with Crippen LogP contribution in [0.1, 0.15) is 30.4 Å².